The fraction of sp³-hybridized carbons (Fsp3) is 1.00. The summed E-state index contributed by atoms with van der Waals surface area (Å²) in [5, 5.41) is 0. The van der Waals surface area contributed by atoms with Crippen molar-refractivity contribution in [2.45, 2.75) is 129 Å². The zero-order chi connectivity index (χ0) is 25.4. The third kappa shape index (κ3) is 24.9. The van der Waals surface area contributed by atoms with Crippen LogP contribution < -0.4 is 0 Å². The van der Waals surface area contributed by atoms with Gasteiger partial charge in [0.25, 0.3) is 0 Å². The number of hydrogen-bond acceptors (Lipinski definition) is 2. The first-order valence-electron chi connectivity index (χ1n) is 15.1. The first-order valence-corrected chi connectivity index (χ1v) is 15.1. The average Bonchev–Trinajstić information content (AvgIpc) is 2.79. The minimum absolute atomic E-state index is 0.861. The fourth-order valence-corrected chi connectivity index (χ4v) is 4.51. The molecule has 0 amide bonds. The lowest BCUT2D eigenvalue weighted by Crippen LogP contribution is -2.42. The number of unbranched alkanes of at least 4 members (excludes halogenated alkanes) is 15. The number of ether oxygens (including phenoxy) is 2. The zero-order valence-electron chi connectivity index (χ0n) is 24.7. The highest BCUT2D eigenvalue weighted by atomic mass is 16.5. The Kier molecular flexibility index (Phi) is 23.1. The van der Waals surface area contributed by atoms with Crippen LogP contribution in [0, 0.1) is 0 Å². The number of hydrogen-bond donors (Lipinski definition) is 0. The topological polar surface area (TPSA) is 18.5 Å². The summed E-state index contributed by atoms with van der Waals surface area (Å²) in [6, 6.07) is 0. The molecule has 0 unspecified atom stereocenters. The van der Waals surface area contributed by atoms with Crippen LogP contribution in [0.15, 0.2) is 0 Å². The van der Waals surface area contributed by atoms with Gasteiger partial charge in [-0.15, -0.1) is 0 Å². The van der Waals surface area contributed by atoms with Gasteiger partial charge in [-0.05, 0) is 38.5 Å². The molecule has 0 aliphatic carbocycles. The smallest absolute Gasteiger partial charge is 0.182 e. The molecule has 0 heterocycles. The van der Waals surface area contributed by atoms with E-state index in [1.165, 1.54) is 129 Å². The Balaban J connectivity index is 3.42. The third-order valence-electron chi connectivity index (χ3n) is 6.94. The van der Waals surface area contributed by atoms with Gasteiger partial charge < -0.3 is 18.4 Å². The van der Waals surface area contributed by atoms with Crippen molar-refractivity contribution >= 4 is 0 Å². The Labute approximate surface area is 215 Å². The predicted molar refractivity (Wildman–Crippen MR) is 150 cm³/mol. The predicted octanol–water partition coefficient (Wildman–Crippen LogP) is 8.15. The van der Waals surface area contributed by atoms with E-state index in [0.29, 0.717) is 0 Å². The van der Waals surface area contributed by atoms with Crippen LogP contribution in [0.5, 0.6) is 0 Å². The summed E-state index contributed by atoms with van der Waals surface area (Å²) in [4.78, 5) is 0. The SMILES string of the molecule is CCCCCCCC[N+](C)(C)COCCCCCCCCOC[N+](C)(C)CCCCCCCC. The first-order chi connectivity index (χ1) is 16.3. The quantitative estimate of drug-likeness (QED) is 0.0662. The van der Waals surface area contributed by atoms with Gasteiger partial charge in [-0.2, -0.15) is 0 Å². The first kappa shape index (κ1) is 33.8. The molecule has 4 nitrogen and oxygen atoms in total. The second-order valence-corrected chi connectivity index (χ2v) is 12.1. The second-order valence-electron chi connectivity index (χ2n) is 12.1. The van der Waals surface area contributed by atoms with E-state index in [0.717, 1.165) is 35.6 Å². The molecule has 0 N–H and O–H groups in total. The molecule has 0 spiro atoms. The molecular formula is C30H66N2O2+2. The normalized spacial score (nSPS) is 12.5. The highest BCUT2D eigenvalue weighted by Gasteiger charge is 2.15. The molecule has 4 heteroatoms. The van der Waals surface area contributed by atoms with Gasteiger partial charge in [-0.1, -0.05) is 90.9 Å². The Hall–Kier alpha value is -0.160. The van der Waals surface area contributed by atoms with E-state index in [1.807, 2.05) is 0 Å². The molecule has 0 saturated heterocycles. The van der Waals surface area contributed by atoms with Crippen LogP contribution in [0.2, 0.25) is 0 Å². The molecule has 0 aliphatic rings. The Morgan fingerprint density at radius 3 is 1.03 bits per heavy atom. The van der Waals surface area contributed by atoms with Gasteiger partial charge in [0.15, 0.2) is 13.5 Å². The van der Waals surface area contributed by atoms with E-state index in [9.17, 15) is 0 Å². The minimum Gasteiger partial charge on any atom is -0.332 e. The minimum atomic E-state index is 0.861. The molecule has 206 valence electrons. The maximum atomic E-state index is 5.99. The molecule has 0 rings (SSSR count). The van der Waals surface area contributed by atoms with Gasteiger partial charge in [0.1, 0.15) is 0 Å². The van der Waals surface area contributed by atoms with Gasteiger partial charge in [-0.25, -0.2) is 0 Å². The lowest BCUT2D eigenvalue weighted by Gasteiger charge is -2.29. The molecule has 0 aliphatic heterocycles. The monoisotopic (exact) mass is 487 g/mol. The lowest BCUT2D eigenvalue weighted by atomic mass is 10.1. The van der Waals surface area contributed by atoms with Crippen LogP contribution in [-0.2, 0) is 9.47 Å². The van der Waals surface area contributed by atoms with Crippen molar-refractivity contribution in [1.82, 2.24) is 0 Å². The van der Waals surface area contributed by atoms with Crippen molar-refractivity contribution in [2.75, 3.05) is 68.0 Å². The molecule has 0 aromatic heterocycles. The molecule has 0 fully saturated rings. The van der Waals surface area contributed by atoms with Crippen molar-refractivity contribution in [3.05, 3.63) is 0 Å². The molecule has 0 saturated carbocycles. The molecule has 0 atom stereocenters. The second kappa shape index (κ2) is 23.3. The lowest BCUT2D eigenvalue weighted by molar-refractivity contribution is -0.909. The molecule has 0 bridgehead atoms. The molecule has 0 aromatic carbocycles. The van der Waals surface area contributed by atoms with E-state index >= 15 is 0 Å². The number of rotatable bonds is 27. The van der Waals surface area contributed by atoms with Crippen molar-refractivity contribution < 1.29 is 18.4 Å². The van der Waals surface area contributed by atoms with E-state index in [1.54, 1.807) is 0 Å². The molecular weight excluding hydrogens is 420 g/mol. The van der Waals surface area contributed by atoms with Crippen molar-refractivity contribution in [2.24, 2.45) is 0 Å². The maximum Gasteiger partial charge on any atom is 0.182 e. The van der Waals surface area contributed by atoms with E-state index in [2.05, 4.69) is 42.0 Å². The fourth-order valence-electron chi connectivity index (χ4n) is 4.51. The van der Waals surface area contributed by atoms with Gasteiger partial charge in [0, 0.05) is 0 Å². The Morgan fingerprint density at radius 2 is 0.676 bits per heavy atom. The Morgan fingerprint density at radius 1 is 0.382 bits per heavy atom. The van der Waals surface area contributed by atoms with Crippen LogP contribution in [0.4, 0.5) is 0 Å². The van der Waals surface area contributed by atoms with Crippen LogP contribution >= 0.6 is 0 Å². The average molecular weight is 487 g/mol. The van der Waals surface area contributed by atoms with Crippen LogP contribution in [0.25, 0.3) is 0 Å². The molecule has 0 radical (unpaired) electrons. The van der Waals surface area contributed by atoms with Crippen LogP contribution in [0.3, 0.4) is 0 Å². The van der Waals surface area contributed by atoms with E-state index in [-0.39, 0.29) is 0 Å². The van der Waals surface area contributed by atoms with E-state index in [4.69, 9.17) is 9.47 Å². The van der Waals surface area contributed by atoms with Gasteiger partial charge in [-0.3, -0.25) is 0 Å². The van der Waals surface area contributed by atoms with Gasteiger partial charge in [0.2, 0.25) is 0 Å². The largest absolute Gasteiger partial charge is 0.332 e. The summed E-state index contributed by atoms with van der Waals surface area (Å²) < 4.78 is 14.0. The zero-order valence-corrected chi connectivity index (χ0v) is 24.7. The summed E-state index contributed by atoms with van der Waals surface area (Å²) in [6.45, 7) is 10.6. The summed E-state index contributed by atoms with van der Waals surface area (Å²) >= 11 is 0. The summed E-state index contributed by atoms with van der Waals surface area (Å²) in [5.41, 5.74) is 0. The van der Waals surface area contributed by atoms with E-state index < -0.39 is 0 Å². The van der Waals surface area contributed by atoms with Crippen molar-refractivity contribution in [1.29, 1.82) is 0 Å². The standard InChI is InChI=1S/C30H66N2O2/c1-7-9-11-13-17-21-25-31(3,4)29-33-27-23-19-15-16-20-24-28-34-30-32(5,6)26-22-18-14-12-10-8-2/h7-30H2,1-6H3/q+2. The third-order valence-corrected chi connectivity index (χ3v) is 6.94. The summed E-state index contributed by atoms with van der Waals surface area (Å²) in [7, 11) is 9.23. The summed E-state index contributed by atoms with van der Waals surface area (Å²) in [6.07, 6.45) is 24.2. The molecule has 0 aromatic rings. The van der Waals surface area contributed by atoms with Gasteiger partial charge in [0.05, 0.1) is 54.5 Å². The van der Waals surface area contributed by atoms with Gasteiger partial charge >= 0.3 is 0 Å². The number of nitrogens with zero attached hydrogens (tertiary/aromatic N) is 2. The Bertz CT molecular complexity index is 375. The highest BCUT2D eigenvalue weighted by molar-refractivity contribution is 4.47. The maximum absolute atomic E-state index is 5.99. The highest BCUT2D eigenvalue weighted by Crippen LogP contribution is 2.11. The summed E-state index contributed by atoms with van der Waals surface area (Å²) in [5.74, 6) is 0. The van der Waals surface area contributed by atoms with Crippen molar-refractivity contribution in [3.63, 3.8) is 0 Å². The van der Waals surface area contributed by atoms with Crippen LogP contribution in [0.1, 0.15) is 129 Å². The molecule has 34 heavy (non-hydrogen) atoms. The number of quaternary nitrogens is 2. The van der Waals surface area contributed by atoms with Crippen molar-refractivity contribution in [3.8, 4) is 0 Å². The van der Waals surface area contributed by atoms with Crippen LogP contribution in [-0.4, -0.2) is 76.9 Å².